The molecule has 2 aromatic carbocycles. The number of allylic oxidation sites excluding steroid dienone is 1. The van der Waals surface area contributed by atoms with E-state index in [0.717, 1.165) is 36.8 Å². The van der Waals surface area contributed by atoms with Gasteiger partial charge in [0.25, 0.3) is 0 Å². The largest absolute Gasteiger partial charge is 0.497 e. The Hall–Kier alpha value is -4.91. The number of aliphatic hydroxyl groups is 3. The van der Waals surface area contributed by atoms with Crippen molar-refractivity contribution in [3.8, 4) is 23.0 Å². The number of hydrogen-bond acceptors (Lipinski definition) is 15. The molecule has 0 aromatic heterocycles. The first-order chi connectivity index (χ1) is 31.2. The van der Waals surface area contributed by atoms with E-state index in [0.29, 0.717) is 67.4 Å². The van der Waals surface area contributed by atoms with Crippen molar-refractivity contribution in [2.45, 2.75) is 88.2 Å². The molecule has 6 rings (SSSR count). The molecule has 17 nitrogen and oxygen atoms in total. The maximum absolute atomic E-state index is 14.0. The molecule has 0 spiro atoms. The van der Waals surface area contributed by atoms with Crippen LogP contribution < -0.4 is 24.3 Å². The minimum Gasteiger partial charge on any atom is -0.497 e. The van der Waals surface area contributed by atoms with Crippen LogP contribution in [0, 0.1) is 17.8 Å². The van der Waals surface area contributed by atoms with Crippen LogP contribution in [0.25, 0.3) is 0 Å². The average molecular weight is 896 g/mol. The summed E-state index contributed by atoms with van der Waals surface area (Å²) in [5, 5.41) is 37.0. The van der Waals surface area contributed by atoms with Crippen LogP contribution in [0.5, 0.6) is 23.0 Å². The minimum atomic E-state index is -1.56. The van der Waals surface area contributed by atoms with Gasteiger partial charge in [0.15, 0.2) is 0 Å². The zero-order valence-corrected chi connectivity index (χ0v) is 37.2. The van der Waals surface area contributed by atoms with Gasteiger partial charge < -0.3 is 58.1 Å². The highest BCUT2D eigenvalue weighted by atomic mass is 16.8. The molecule has 2 heterocycles. The number of nitrogens with zero attached hydrogens (tertiary/aromatic N) is 2. The van der Waals surface area contributed by atoms with Gasteiger partial charge in [-0.15, -0.1) is 6.58 Å². The summed E-state index contributed by atoms with van der Waals surface area (Å²) in [6.07, 6.45) is 8.71. The molecule has 2 aliphatic heterocycles. The number of carbonyl (C=O) groups excluding carboxylic acids is 2. The monoisotopic (exact) mass is 895 g/mol. The van der Waals surface area contributed by atoms with E-state index in [2.05, 4.69) is 18.0 Å². The zero-order chi connectivity index (χ0) is 45.5. The van der Waals surface area contributed by atoms with Crippen molar-refractivity contribution in [1.82, 2.24) is 4.90 Å². The van der Waals surface area contributed by atoms with Crippen molar-refractivity contribution in [3.05, 3.63) is 66.3 Å². The van der Waals surface area contributed by atoms with E-state index in [1.165, 1.54) is 26.2 Å². The van der Waals surface area contributed by atoms with Crippen LogP contribution in [0.1, 0.15) is 75.7 Å². The van der Waals surface area contributed by atoms with Gasteiger partial charge in [-0.1, -0.05) is 30.1 Å². The van der Waals surface area contributed by atoms with Gasteiger partial charge >= 0.3 is 12.2 Å². The van der Waals surface area contributed by atoms with Gasteiger partial charge in [0.1, 0.15) is 29.0 Å². The summed E-state index contributed by atoms with van der Waals surface area (Å²) in [6, 6.07) is 9.36. The van der Waals surface area contributed by atoms with E-state index >= 15 is 0 Å². The molecule has 2 fully saturated rings. The number of unbranched alkanes of at least 4 members (excludes halogenated alkanes) is 2. The molecule has 0 bridgehead atoms. The first-order valence-electron chi connectivity index (χ1n) is 22.4. The first-order valence-corrected chi connectivity index (χ1v) is 22.4. The number of nitrogens with one attached hydrogen (secondary N) is 1. The molecular weight excluding hydrogens is 831 g/mol. The molecule has 2 amide bonds. The summed E-state index contributed by atoms with van der Waals surface area (Å²) in [5.74, 6) is -1.02. The van der Waals surface area contributed by atoms with Crippen molar-refractivity contribution >= 4 is 23.6 Å². The lowest BCUT2D eigenvalue weighted by molar-refractivity contribution is -0.256. The molecule has 0 radical (unpaired) electrons. The van der Waals surface area contributed by atoms with Gasteiger partial charge in [-0.3, -0.25) is 10.2 Å². The van der Waals surface area contributed by atoms with Gasteiger partial charge in [-0.25, -0.2) is 9.59 Å². The lowest BCUT2D eigenvalue weighted by Crippen LogP contribution is -2.70. The van der Waals surface area contributed by atoms with E-state index < -0.39 is 36.2 Å². The molecule has 4 N–H and O–H groups in total. The predicted molar refractivity (Wildman–Crippen MR) is 236 cm³/mol. The number of methoxy groups -OCH3 is 3. The second kappa shape index (κ2) is 23.9. The smallest absolute Gasteiger partial charge is 0.417 e. The lowest BCUT2D eigenvalue weighted by Gasteiger charge is -2.59. The Balaban J connectivity index is 1.52. The number of carbonyl (C=O) groups is 2. The Bertz CT molecular complexity index is 1920. The number of oxime groups is 1. The second-order valence-corrected chi connectivity index (χ2v) is 16.3. The molecule has 1 saturated heterocycles. The average Bonchev–Trinajstić information content (AvgIpc) is 3.31. The van der Waals surface area contributed by atoms with E-state index in [9.17, 15) is 24.9 Å². The summed E-state index contributed by atoms with van der Waals surface area (Å²) in [7, 11) is 4.34. The Labute approximate surface area is 375 Å². The maximum Gasteiger partial charge on any atom is 0.417 e. The van der Waals surface area contributed by atoms with Crippen molar-refractivity contribution in [3.63, 3.8) is 0 Å². The van der Waals surface area contributed by atoms with Crippen molar-refractivity contribution in [1.29, 1.82) is 0 Å². The van der Waals surface area contributed by atoms with Crippen LogP contribution in [0.3, 0.4) is 0 Å². The fourth-order valence-corrected chi connectivity index (χ4v) is 9.59. The Morgan fingerprint density at radius 1 is 0.969 bits per heavy atom. The Kier molecular flexibility index (Phi) is 18.1. The van der Waals surface area contributed by atoms with Crippen LogP contribution in [0.4, 0.5) is 15.3 Å². The number of amides is 2. The first kappa shape index (κ1) is 48.5. The number of benzene rings is 2. The van der Waals surface area contributed by atoms with Gasteiger partial charge in [0, 0.05) is 50.1 Å². The topological polar surface area (TPSA) is 206 Å². The quantitative estimate of drug-likeness (QED) is 0.0531. The highest BCUT2D eigenvalue weighted by molar-refractivity contribution is 6.03. The highest BCUT2D eigenvalue weighted by Gasteiger charge is 2.65. The third kappa shape index (κ3) is 11.3. The molecular formula is C47H65N3O14. The number of ether oxygens (including phenoxy) is 8. The summed E-state index contributed by atoms with van der Waals surface area (Å²) in [6.45, 7) is 4.70. The van der Waals surface area contributed by atoms with E-state index in [4.69, 9.17) is 47.9 Å². The Morgan fingerprint density at radius 3 is 2.47 bits per heavy atom. The summed E-state index contributed by atoms with van der Waals surface area (Å²) < 4.78 is 48.0. The molecule has 1 saturated carbocycles. The molecule has 1 unspecified atom stereocenters. The van der Waals surface area contributed by atoms with Crippen LogP contribution >= 0.6 is 0 Å². The third-order valence-corrected chi connectivity index (χ3v) is 12.4. The van der Waals surface area contributed by atoms with Crippen molar-refractivity contribution < 1.29 is 67.6 Å². The van der Waals surface area contributed by atoms with Crippen LogP contribution in [0.15, 0.2) is 65.9 Å². The predicted octanol–water partition coefficient (Wildman–Crippen LogP) is 6.55. The summed E-state index contributed by atoms with van der Waals surface area (Å²) in [5.41, 5.74) is 2.56. The SMILES string of the molecule is C=CCO[C@@]12Oc3ccc(OC(=O)Nc4ccc(OC)cc4OC)cc3[C@H]3[C@H](CCCCO)[C@@H](CCCCO)C=C(C(=NOC4CCCCO4)C[C@@H]1N(CCOCCO)C(=O)OC)[C@H]32. The van der Waals surface area contributed by atoms with Gasteiger partial charge in [-0.05, 0) is 86.3 Å². The molecule has 352 valence electrons. The van der Waals surface area contributed by atoms with E-state index in [1.54, 1.807) is 36.4 Å². The summed E-state index contributed by atoms with van der Waals surface area (Å²) in [4.78, 5) is 35.3. The van der Waals surface area contributed by atoms with Gasteiger partial charge in [-0.2, -0.15) is 0 Å². The number of aliphatic hydroxyl groups excluding tert-OH is 3. The number of rotatable bonds is 23. The minimum absolute atomic E-state index is 0.0289. The van der Waals surface area contributed by atoms with Crippen molar-refractivity contribution in [2.75, 3.05) is 79.4 Å². The number of hydrogen-bond donors (Lipinski definition) is 4. The van der Waals surface area contributed by atoms with Gasteiger partial charge in [0.05, 0.1) is 71.7 Å². The molecule has 64 heavy (non-hydrogen) atoms. The molecule has 2 aliphatic carbocycles. The van der Waals surface area contributed by atoms with Crippen molar-refractivity contribution in [2.24, 2.45) is 22.9 Å². The van der Waals surface area contributed by atoms with Crippen LogP contribution in [0.2, 0.25) is 0 Å². The third-order valence-electron chi connectivity index (χ3n) is 12.4. The maximum atomic E-state index is 14.0. The normalized spacial score (nSPS) is 25.2. The Morgan fingerprint density at radius 2 is 1.77 bits per heavy atom. The summed E-state index contributed by atoms with van der Waals surface area (Å²) >= 11 is 0. The second-order valence-electron chi connectivity index (χ2n) is 16.3. The molecule has 2 aromatic rings. The standard InChI is InChI=1S/C47H65N3O14/c1-5-23-61-47-41(50(46(55)58-4)19-25-59-26-22-53)30-38(49-64-42-14-8-11-24-60-42)35-27-31(12-6-9-20-51)34(13-7-10-21-52)43(44(35)47)36-28-33(16-18-39(36)63-47)62-45(54)48-37-17-15-32(56-2)29-40(37)57-3/h5,15-18,27-29,31,34,41-44,51-53H,1,6-14,19-26,30H2,2-4H3,(H,48,54)/t31-,34+,41-,42?,43+,44+,47+/m0/s1. The number of fused-ring (bicyclic) bond motifs is 2. The number of anilines is 1. The van der Waals surface area contributed by atoms with Crippen LogP contribution in [-0.2, 0) is 23.8 Å². The molecule has 7 atom stereocenters. The van der Waals surface area contributed by atoms with E-state index in [1.807, 2.05) is 6.07 Å². The van der Waals surface area contributed by atoms with Gasteiger partial charge in [0.2, 0.25) is 12.1 Å². The molecule has 4 aliphatic rings. The van der Waals surface area contributed by atoms with E-state index in [-0.39, 0.29) is 76.1 Å². The fraction of sp³-hybridized carbons (Fsp3) is 0.596. The molecule has 17 heteroatoms. The fourth-order valence-electron chi connectivity index (χ4n) is 9.59. The zero-order valence-electron chi connectivity index (χ0n) is 37.2. The highest BCUT2D eigenvalue weighted by Crippen LogP contribution is 2.62. The lowest BCUT2D eigenvalue weighted by atomic mass is 9.55. The van der Waals surface area contributed by atoms with Crippen LogP contribution in [-0.4, -0.2) is 130 Å².